The number of benzene rings is 2. The summed E-state index contributed by atoms with van der Waals surface area (Å²) < 4.78 is 30.3. The molecule has 0 aliphatic carbocycles. The highest BCUT2D eigenvalue weighted by molar-refractivity contribution is 7.89. The molecule has 0 saturated carbocycles. The summed E-state index contributed by atoms with van der Waals surface area (Å²) in [5, 5.41) is 0.496. The zero-order valence-corrected chi connectivity index (χ0v) is 16.0. The topological polar surface area (TPSA) is 43.4 Å². The van der Waals surface area contributed by atoms with E-state index in [4.69, 9.17) is 16.3 Å². The average Bonchev–Trinajstić information content (AvgIpc) is 2.46. The van der Waals surface area contributed by atoms with Crippen molar-refractivity contribution in [2.75, 3.05) is 7.11 Å². The number of rotatable bonds is 5. The zero-order valence-electron chi connectivity index (χ0n) is 14.5. The maximum atomic E-state index is 12.5. The van der Waals surface area contributed by atoms with Crippen LogP contribution >= 0.6 is 11.6 Å². The largest absolute Gasteiger partial charge is 0.496 e. The second-order valence-corrected chi connectivity index (χ2v) is 9.44. The zero-order chi connectivity index (χ0) is 18.0. The first-order chi connectivity index (χ1) is 11.1. The molecular weight excluding hydrogens is 344 g/mol. The lowest BCUT2D eigenvalue weighted by Gasteiger charge is -2.19. The highest BCUT2D eigenvalue weighted by atomic mass is 35.5. The van der Waals surface area contributed by atoms with Gasteiger partial charge in [0, 0.05) is 10.6 Å². The molecule has 0 heterocycles. The quantitative estimate of drug-likeness (QED) is 0.766. The summed E-state index contributed by atoms with van der Waals surface area (Å²) in [6.45, 7) is 6.39. The van der Waals surface area contributed by atoms with Gasteiger partial charge in [-0.25, -0.2) is 8.42 Å². The summed E-state index contributed by atoms with van der Waals surface area (Å²) in [4.78, 5) is 0. The second-order valence-electron chi connectivity index (χ2n) is 6.94. The summed E-state index contributed by atoms with van der Waals surface area (Å²) in [5.41, 5.74) is 2.59. The Kier molecular flexibility index (Phi) is 5.61. The molecule has 0 amide bonds. The van der Waals surface area contributed by atoms with Gasteiger partial charge in [-0.05, 0) is 34.7 Å². The number of methoxy groups -OCH3 is 1. The lowest BCUT2D eigenvalue weighted by atomic mass is 9.87. The Hall–Kier alpha value is -1.52. The fourth-order valence-corrected chi connectivity index (χ4v) is 4.20. The number of ether oxygens (including phenoxy) is 1. The molecule has 24 heavy (non-hydrogen) atoms. The third kappa shape index (κ3) is 4.99. The number of sulfone groups is 1. The van der Waals surface area contributed by atoms with Crippen LogP contribution in [-0.2, 0) is 26.8 Å². The second kappa shape index (κ2) is 7.16. The van der Waals surface area contributed by atoms with Crippen LogP contribution in [0.5, 0.6) is 5.75 Å². The third-order valence-corrected chi connectivity index (χ3v) is 5.58. The van der Waals surface area contributed by atoms with Crippen LogP contribution in [0.1, 0.15) is 37.5 Å². The van der Waals surface area contributed by atoms with E-state index in [0.29, 0.717) is 16.3 Å². The van der Waals surface area contributed by atoms with E-state index in [1.165, 1.54) is 12.7 Å². The van der Waals surface area contributed by atoms with Crippen molar-refractivity contribution in [3.63, 3.8) is 0 Å². The average molecular weight is 367 g/mol. The van der Waals surface area contributed by atoms with E-state index in [2.05, 4.69) is 20.8 Å². The summed E-state index contributed by atoms with van der Waals surface area (Å²) >= 11 is 5.97. The molecule has 0 spiro atoms. The number of hydrogen-bond acceptors (Lipinski definition) is 3. The van der Waals surface area contributed by atoms with Crippen LogP contribution in [0.2, 0.25) is 5.02 Å². The molecule has 2 rings (SSSR count). The minimum Gasteiger partial charge on any atom is -0.496 e. The molecule has 0 fully saturated rings. The molecule has 0 N–H and O–H groups in total. The molecule has 0 bridgehead atoms. The molecule has 130 valence electrons. The summed E-state index contributed by atoms with van der Waals surface area (Å²) in [6.07, 6.45) is 0. The monoisotopic (exact) mass is 366 g/mol. The van der Waals surface area contributed by atoms with E-state index in [1.54, 1.807) is 18.2 Å². The summed E-state index contributed by atoms with van der Waals surface area (Å²) in [5.74, 6) is 0.427. The lowest BCUT2D eigenvalue weighted by Crippen LogP contribution is -2.12. The Morgan fingerprint density at radius 1 is 1.00 bits per heavy atom. The van der Waals surface area contributed by atoms with Gasteiger partial charge >= 0.3 is 0 Å². The number of halogens is 1. The molecule has 0 aliphatic heterocycles. The fourth-order valence-electron chi connectivity index (χ4n) is 2.50. The molecule has 0 saturated heterocycles. The normalized spacial score (nSPS) is 12.2. The molecular formula is C19H23ClO3S. The van der Waals surface area contributed by atoms with Gasteiger partial charge in [0.1, 0.15) is 5.75 Å². The van der Waals surface area contributed by atoms with Crippen molar-refractivity contribution in [1.82, 2.24) is 0 Å². The summed E-state index contributed by atoms with van der Waals surface area (Å²) in [7, 11) is -1.81. The van der Waals surface area contributed by atoms with E-state index in [0.717, 1.165) is 5.56 Å². The van der Waals surface area contributed by atoms with Gasteiger partial charge in [-0.15, -0.1) is 0 Å². The van der Waals surface area contributed by atoms with Gasteiger partial charge in [0.05, 0.1) is 18.6 Å². The lowest BCUT2D eigenvalue weighted by molar-refractivity contribution is 0.411. The van der Waals surface area contributed by atoms with Gasteiger partial charge in [0.2, 0.25) is 0 Å². The molecule has 2 aromatic rings. The highest BCUT2D eigenvalue weighted by Gasteiger charge is 2.18. The predicted octanol–water partition coefficient (Wildman–Crippen LogP) is 4.76. The predicted molar refractivity (Wildman–Crippen MR) is 99.5 cm³/mol. The fraction of sp³-hybridized carbons (Fsp3) is 0.368. The highest BCUT2D eigenvalue weighted by Crippen LogP contribution is 2.26. The smallest absolute Gasteiger partial charge is 0.158 e. The number of hydrogen-bond donors (Lipinski definition) is 0. The Labute approximate surface area is 149 Å². The summed E-state index contributed by atoms with van der Waals surface area (Å²) in [6, 6.07) is 12.8. The van der Waals surface area contributed by atoms with Crippen LogP contribution < -0.4 is 4.74 Å². The minimum atomic E-state index is -3.32. The van der Waals surface area contributed by atoms with Crippen molar-refractivity contribution >= 4 is 21.4 Å². The molecule has 2 aromatic carbocycles. The van der Waals surface area contributed by atoms with Crippen LogP contribution in [0, 0.1) is 0 Å². The molecule has 5 heteroatoms. The van der Waals surface area contributed by atoms with Crippen LogP contribution in [0.3, 0.4) is 0 Å². The Bertz CT molecular complexity index is 803. The van der Waals surface area contributed by atoms with Crippen LogP contribution in [0.25, 0.3) is 0 Å². The molecule has 0 radical (unpaired) electrons. The van der Waals surface area contributed by atoms with Crippen LogP contribution in [0.15, 0.2) is 42.5 Å². The Morgan fingerprint density at radius 2 is 1.62 bits per heavy atom. The van der Waals surface area contributed by atoms with Gasteiger partial charge < -0.3 is 4.74 Å². The van der Waals surface area contributed by atoms with Crippen molar-refractivity contribution in [3.8, 4) is 5.75 Å². The molecule has 0 aliphatic rings. The van der Waals surface area contributed by atoms with E-state index in [9.17, 15) is 8.42 Å². The maximum Gasteiger partial charge on any atom is 0.158 e. The maximum absolute atomic E-state index is 12.5. The first kappa shape index (κ1) is 18.8. The molecule has 0 unspecified atom stereocenters. The minimum absolute atomic E-state index is 0.00685. The van der Waals surface area contributed by atoms with Crippen molar-refractivity contribution < 1.29 is 13.2 Å². The first-order valence-electron chi connectivity index (χ1n) is 7.73. The van der Waals surface area contributed by atoms with Crippen molar-refractivity contribution in [2.45, 2.75) is 37.7 Å². The van der Waals surface area contributed by atoms with E-state index in [1.807, 2.05) is 24.3 Å². The Balaban J connectivity index is 2.19. The standard InChI is InChI=1S/C19H23ClO3S/c1-19(2,3)16-7-5-14(6-8-16)12-24(21,22)13-15-11-17(20)9-10-18(15)23-4/h5-11H,12-13H2,1-4H3. The van der Waals surface area contributed by atoms with Crippen molar-refractivity contribution in [3.05, 3.63) is 64.2 Å². The third-order valence-electron chi connectivity index (χ3n) is 3.82. The van der Waals surface area contributed by atoms with E-state index >= 15 is 0 Å². The van der Waals surface area contributed by atoms with Gasteiger partial charge in [-0.3, -0.25) is 0 Å². The van der Waals surface area contributed by atoms with Crippen LogP contribution in [-0.4, -0.2) is 15.5 Å². The molecule has 0 atom stereocenters. The van der Waals surface area contributed by atoms with Gasteiger partial charge in [-0.2, -0.15) is 0 Å². The molecule has 0 aromatic heterocycles. The SMILES string of the molecule is COc1ccc(Cl)cc1CS(=O)(=O)Cc1ccc(C(C)(C)C)cc1. The van der Waals surface area contributed by atoms with Crippen LogP contribution in [0.4, 0.5) is 0 Å². The Morgan fingerprint density at radius 3 is 2.17 bits per heavy atom. The van der Waals surface area contributed by atoms with Crippen molar-refractivity contribution in [2.24, 2.45) is 0 Å². The van der Waals surface area contributed by atoms with Crippen molar-refractivity contribution in [1.29, 1.82) is 0 Å². The van der Waals surface area contributed by atoms with Gasteiger partial charge in [0.15, 0.2) is 9.84 Å². The van der Waals surface area contributed by atoms with E-state index < -0.39 is 9.84 Å². The van der Waals surface area contributed by atoms with Gasteiger partial charge in [0.25, 0.3) is 0 Å². The van der Waals surface area contributed by atoms with E-state index in [-0.39, 0.29) is 16.9 Å². The van der Waals surface area contributed by atoms with Gasteiger partial charge in [-0.1, -0.05) is 56.6 Å². The first-order valence-corrected chi connectivity index (χ1v) is 9.93. The molecule has 3 nitrogen and oxygen atoms in total.